The topological polar surface area (TPSA) is 49.0 Å². The lowest BCUT2D eigenvalue weighted by Gasteiger charge is -2.27. The molecule has 1 saturated heterocycles. The smallest absolute Gasteiger partial charge is 0.281 e. The van der Waals surface area contributed by atoms with Crippen molar-refractivity contribution in [2.45, 2.75) is 18.8 Å². The number of likely N-dealkylation sites (tertiary alicyclic amines) is 1. The lowest BCUT2D eigenvalue weighted by Crippen LogP contribution is -2.32. The summed E-state index contributed by atoms with van der Waals surface area (Å²) in [6, 6.07) is 0. The number of aromatic amines is 1. The summed E-state index contributed by atoms with van der Waals surface area (Å²) in [4.78, 5) is 13.6. The van der Waals surface area contributed by atoms with Crippen LogP contribution in [0, 0.1) is 0 Å². The van der Waals surface area contributed by atoms with Gasteiger partial charge in [-0.05, 0) is 26.4 Å². The fourth-order valence-electron chi connectivity index (χ4n) is 1.86. The molecule has 0 bridgehead atoms. The molecule has 1 N–H and O–H groups in total. The van der Waals surface area contributed by atoms with Crippen LogP contribution in [0.15, 0.2) is 4.79 Å². The summed E-state index contributed by atoms with van der Waals surface area (Å²) in [5.74, 6) is 0.341. The highest BCUT2D eigenvalue weighted by Gasteiger charge is 2.22. The summed E-state index contributed by atoms with van der Waals surface area (Å²) < 4.78 is 6.76. The average Bonchev–Trinajstić information content (AvgIpc) is 2.51. The Kier molecular flexibility index (Phi) is 2.46. The van der Waals surface area contributed by atoms with Gasteiger partial charge in [-0.15, -0.1) is 0 Å². The van der Waals surface area contributed by atoms with Crippen molar-refractivity contribution in [3.63, 3.8) is 0 Å². The normalized spacial score (nSPS) is 24.8. The van der Waals surface area contributed by atoms with Crippen LogP contribution < -0.4 is 5.56 Å². The van der Waals surface area contributed by atoms with E-state index in [1.165, 1.54) is 0 Å². The van der Waals surface area contributed by atoms with Crippen LogP contribution in [0.4, 0.5) is 0 Å². The van der Waals surface area contributed by atoms with Gasteiger partial charge in [0.25, 0.3) is 5.56 Å². The number of rotatable bonds is 1. The van der Waals surface area contributed by atoms with Crippen molar-refractivity contribution in [2.24, 2.45) is 0 Å². The van der Waals surface area contributed by atoms with Crippen molar-refractivity contribution < 1.29 is 0 Å². The van der Waals surface area contributed by atoms with E-state index in [0.717, 1.165) is 43.4 Å². The lowest BCUT2D eigenvalue weighted by atomic mass is 9.96. The number of hydrogen-bond donors (Lipinski definition) is 1. The maximum atomic E-state index is 11.3. The number of nitrogens with zero attached hydrogens (tertiary/aromatic N) is 2. The first-order valence-corrected chi connectivity index (χ1v) is 5.27. The van der Waals surface area contributed by atoms with Crippen molar-refractivity contribution in [1.82, 2.24) is 13.6 Å². The second-order valence-corrected chi connectivity index (χ2v) is 4.17. The second-order valence-electron chi connectivity index (χ2n) is 3.60. The second kappa shape index (κ2) is 3.59. The van der Waals surface area contributed by atoms with E-state index in [-0.39, 0.29) is 5.56 Å². The van der Waals surface area contributed by atoms with Gasteiger partial charge in [-0.2, -0.15) is 4.37 Å². The fraction of sp³-hybridized carbons (Fsp3) is 0.750. The van der Waals surface area contributed by atoms with Crippen LogP contribution in [0.2, 0.25) is 0 Å². The average molecular weight is 199 g/mol. The van der Waals surface area contributed by atoms with Gasteiger partial charge in [0.2, 0.25) is 0 Å². The Balaban J connectivity index is 2.17. The van der Waals surface area contributed by atoms with Gasteiger partial charge in [0.15, 0.2) is 0 Å². The number of hydrogen-bond acceptors (Lipinski definition) is 4. The molecule has 1 aromatic rings. The zero-order chi connectivity index (χ0) is 9.26. The Labute approximate surface area is 80.9 Å². The quantitative estimate of drug-likeness (QED) is 0.722. The minimum Gasteiger partial charge on any atom is -0.306 e. The van der Waals surface area contributed by atoms with Crippen LogP contribution in [0.3, 0.4) is 0 Å². The zero-order valence-corrected chi connectivity index (χ0v) is 8.43. The summed E-state index contributed by atoms with van der Waals surface area (Å²) in [7, 11) is 2.09. The van der Waals surface area contributed by atoms with Crippen LogP contribution in [-0.4, -0.2) is 33.8 Å². The predicted molar refractivity (Wildman–Crippen MR) is 52.2 cm³/mol. The molecule has 0 aromatic carbocycles. The third-order valence-electron chi connectivity index (χ3n) is 2.53. The summed E-state index contributed by atoms with van der Waals surface area (Å²) in [5, 5.41) is 0. The van der Waals surface area contributed by atoms with E-state index >= 15 is 0 Å². The molecule has 0 spiro atoms. The molecular formula is C8H13N3OS. The standard InChI is InChI=1S/C8H13N3OS/c1-11-4-2-3-6(5-11)7-8(12)10-13-9-7/h6H,2-5H2,1H3,(H,10,12). The summed E-state index contributed by atoms with van der Waals surface area (Å²) in [5.41, 5.74) is 0.738. The van der Waals surface area contributed by atoms with E-state index in [9.17, 15) is 4.79 Å². The Hall–Kier alpha value is -0.680. The maximum absolute atomic E-state index is 11.3. The predicted octanol–water partition coefficient (Wildman–Crippen LogP) is 0.641. The summed E-state index contributed by atoms with van der Waals surface area (Å²) in [6.07, 6.45) is 2.26. The first kappa shape index (κ1) is 8.90. The van der Waals surface area contributed by atoms with Gasteiger partial charge in [0.1, 0.15) is 5.69 Å². The number of nitrogens with one attached hydrogen (secondary N) is 1. The molecule has 0 aliphatic carbocycles. The molecule has 72 valence electrons. The number of likely N-dealkylation sites (N-methyl/N-ethyl adjacent to an activating group) is 1. The minimum atomic E-state index is 0.00491. The number of H-pyrrole nitrogens is 1. The Morgan fingerprint density at radius 1 is 1.69 bits per heavy atom. The number of piperidine rings is 1. The summed E-state index contributed by atoms with van der Waals surface area (Å²) in [6.45, 7) is 2.10. The SMILES string of the molecule is CN1CCCC(c2ns[nH]c2=O)C1. The molecule has 2 heterocycles. The molecule has 13 heavy (non-hydrogen) atoms. The third kappa shape index (κ3) is 1.81. The fourth-order valence-corrected chi connectivity index (χ4v) is 2.42. The van der Waals surface area contributed by atoms with Crippen molar-refractivity contribution in [3.8, 4) is 0 Å². The third-order valence-corrected chi connectivity index (χ3v) is 3.09. The first-order valence-electron chi connectivity index (χ1n) is 4.50. The largest absolute Gasteiger partial charge is 0.306 e. The molecule has 1 aromatic heterocycles. The van der Waals surface area contributed by atoms with E-state index in [1.54, 1.807) is 0 Å². The van der Waals surface area contributed by atoms with Crippen molar-refractivity contribution in [1.29, 1.82) is 0 Å². The minimum absolute atomic E-state index is 0.00491. The van der Waals surface area contributed by atoms with Crippen LogP contribution in [-0.2, 0) is 0 Å². The Bertz CT molecular complexity index is 332. The molecule has 1 fully saturated rings. The van der Waals surface area contributed by atoms with Gasteiger partial charge in [0, 0.05) is 24.2 Å². The van der Waals surface area contributed by atoms with Gasteiger partial charge in [-0.1, -0.05) is 0 Å². The maximum Gasteiger partial charge on any atom is 0.281 e. The lowest BCUT2D eigenvalue weighted by molar-refractivity contribution is 0.248. The molecule has 0 radical (unpaired) electrons. The Morgan fingerprint density at radius 2 is 2.54 bits per heavy atom. The number of aromatic nitrogens is 2. The van der Waals surface area contributed by atoms with E-state index in [4.69, 9.17) is 0 Å². The van der Waals surface area contributed by atoms with Crippen molar-refractivity contribution >= 4 is 11.7 Å². The molecule has 1 unspecified atom stereocenters. The van der Waals surface area contributed by atoms with E-state index in [0.29, 0.717) is 5.92 Å². The molecule has 1 aliphatic rings. The van der Waals surface area contributed by atoms with Gasteiger partial charge in [-0.3, -0.25) is 9.17 Å². The highest BCUT2D eigenvalue weighted by molar-refractivity contribution is 6.99. The van der Waals surface area contributed by atoms with E-state index < -0.39 is 0 Å². The van der Waals surface area contributed by atoms with Crippen LogP contribution >= 0.6 is 11.7 Å². The first-order chi connectivity index (χ1) is 6.27. The van der Waals surface area contributed by atoms with Crippen molar-refractivity contribution in [2.75, 3.05) is 20.1 Å². The molecule has 1 atom stereocenters. The molecule has 2 rings (SSSR count). The molecule has 5 heteroatoms. The van der Waals surface area contributed by atoms with Gasteiger partial charge in [0.05, 0.1) is 0 Å². The molecule has 1 aliphatic heterocycles. The van der Waals surface area contributed by atoms with Crippen molar-refractivity contribution in [3.05, 3.63) is 16.0 Å². The highest BCUT2D eigenvalue weighted by atomic mass is 32.1. The monoisotopic (exact) mass is 199 g/mol. The molecule has 0 saturated carbocycles. The van der Waals surface area contributed by atoms with Crippen LogP contribution in [0.1, 0.15) is 24.5 Å². The Morgan fingerprint density at radius 3 is 3.15 bits per heavy atom. The van der Waals surface area contributed by atoms with E-state index in [2.05, 4.69) is 20.7 Å². The van der Waals surface area contributed by atoms with Gasteiger partial charge < -0.3 is 4.90 Å². The molecule has 4 nitrogen and oxygen atoms in total. The highest BCUT2D eigenvalue weighted by Crippen LogP contribution is 2.22. The molecular weight excluding hydrogens is 186 g/mol. The van der Waals surface area contributed by atoms with Crippen LogP contribution in [0.25, 0.3) is 0 Å². The zero-order valence-electron chi connectivity index (χ0n) is 7.62. The van der Waals surface area contributed by atoms with Gasteiger partial charge >= 0.3 is 0 Å². The van der Waals surface area contributed by atoms with Crippen LogP contribution in [0.5, 0.6) is 0 Å². The van der Waals surface area contributed by atoms with E-state index in [1.807, 2.05) is 0 Å². The molecule has 0 amide bonds. The summed E-state index contributed by atoms with van der Waals surface area (Å²) >= 11 is 1.16. The van der Waals surface area contributed by atoms with Gasteiger partial charge in [-0.25, -0.2) is 0 Å².